The molecule has 1 rings (SSSR count). The van der Waals surface area contributed by atoms with Crippen molar-refractivity contribution in [1.82, 2.24) is 10.6 Å². The third-order valence-corrected chi connectivity index (χ3v) is 4.44. The van der Waals surface area contributed by atoms with Gasteiger partial charge in [-0.3, -0.25) is 0 Å². The highest BCUT2D eigenvalue weighted by atomic mass is 16.5. The number of nitrogens with one attached hydrogen (secondary N) is 2. The number of benzene rings is 1. The second kappa shape index (κ2) is 13.1. The Morgan fingerprint density at radius 3 is 2.21 bits per heavy atom. The summed E-state index contributed by atoms with van der Waals surface area (Å²) in [6.45, 7) is 8.62. The Bertz CT molecular complexity index is 606. The Kier molecular flexibility index (Phi) is 11.2. The lowest BCUT2D eigenvalue weighted by Gasteiger charge is -2.20. The number of guanidine groups is 1. The van der Waals surface area contributed by atoms with Crippen LogP contribution < -0.4 is 24.8 Å². The molecule has 1 aromatic rings. The van der Waals surface area contributed by atoms with E-state index < -0.39 is 0 Å². The molecule has 0 radical (unpaired) electrons. The second-order valence-electron chi connectivity index (χ2n) is 7.10. The molecular formula is C21H37N3O4. The maximum atomic E-state index is 9.31. The van der Waals surface area contributed by atoms with Crippen LogP contribution in [0.15, 0.2) is 17.1 Å². The normalized spacial score (nSPS) is 12.6. The molecule has 0 fully saturated rings. The predicted molar refractivity (Wildman–Crippen MR) is 114 cm³/mol. The maximum absolute atomic E-state index is 9.31. The van der Waals surface area contributed by atoms with Gasteiger partial charge >= 0.3 is 0 Å². The Morgan fingerprint density at radius 2 is 1.68 bits per heavy atom. The molecule has 0 aliphatic carbocycles. The fourth-order valence-electron chi connectivity index (χ4n) is 3.12. The van der Waals surface area contributed by atoms with Crippen molar-refractivity contribution in [3.63, 3.8) is 0 Å². The van der Waals surface area contributed by atoms with Gasteiger partial charge in [0, 0.05) is 31.3 Å². The zero-order valence-electron chi connectivity index (χ0n) is 18.2. The highest BCUT2D eigenvalue weighted by Gasteiger charge is 2.13. The first-order valence-electron chi connectivity index (χ1n) is 9.90. The molecule has 0 aliphatic rings. The van der Waals surface area contributed by atoms with Gasteiger partial charge in [0.2, 0.25) is 0 Å². The average molecular weight is 396 g/mol. The molecule has 160 valence electrons. The minimum atomic E-state index is 0.204. The number of ether oxygens (including phenoxy) is 3. The van der Waals surface area contributed by atoms with Crippen molar-refractivity contribution in [2.75, 3.05) is 41.0 Å². The maximum Gasteiger partial charge on any atom is 0.191 e. The van der Waals surface area contributed by atoms with Gasteiger partial charge in [0.05, 0.1) is 27.9 Å². The topological polar surface area (TPSA) is 84.3 Å². The van der Waals surface area contributed by atoms with Gasteiger partial charge < -0.3 is 30.0 Å². The van der Waals surface area contributed by atoms with E-state index in [0.717, 1.165) is 37.5 Å². The lowest BCUT2D eigenvalue weighted by atomic mass is 9.94. The number of aliphatic imine (C=N–C) groups is 1. The molecule has 1 aromatic carbocycles. The average Bonchev–Trinajstić information content (AvgIpc) is 2.68. The third-order valence-electron chi connectivity index (χ3n) is 4.44. The smallest absolute Gasteiger partial charge is 0.191 e. The standard InChI is InChI=1S/C21H37N3O4/c1-7-22-21(23-13-16(8-9-25)10-15(2)3)24-14-17-11-19(27-5)20(28-6)12-18(17)26-4/h11-12,15-16,25H,7-10,13-14H2,1-6H3,(H2,22,23,24). The van der Waals surface area contributed by atoms with Gasteiger partial charge in [-0.15, -0.1) is 0 Å². The van der Waals surface area contributed by atoms with Gasteiger partial charge in [0.15, 0.2) is 17.5 Å². The molecule has 0 spiro atoms. The summed E-state index contributed by atoms with van der Waals surface area (Å²) < 4.78 is 16.2. The Morgan fingerprint density at radius 1 is 1.04 bits per heavy atom. The minimum Gasteiger partial charge on any atom is -0.496 e. The molecule has 0 saturated carbocycles. The van der Waals surface area contributed by atoms with E-state index in [1.807, 2.05) is 19.1 Å². The number of nitrogens with zero attached hydrogens (tertiary/aromatic N) is 1. The molecule has 0 amide bonds. The quantitative estimate of drug-likeness (QED) is 0.373. The lowest BCUT2D eigenvalue weighted by molar-refractivity contribution is 0.243. The van der Waals surface area contributed by atoms with Crippen LogP contribution in [0.25, 0.3) is 0 Å². The van der Waals surface area contributed by atoms with E-state index in [9.17, 15) is 5.11 Å². The van der Waals surface area contributed by atoms with E-state index in [1.54, 1.807) is 21.3 Å². The molecule has 0 aromatic heterocycles. The third kappa shape index (κ3) is 7.84. The Hall–Kier alpha value is -2.15. The van der Waals surface area contributed by atoms with Crippen LogP contribution in [-0.4, -0.2) is 52.1 Å². The summed E-state index contributed by atoms with van der Waals surface area (Å²) in [6, 6.07) is 3.70. The zero-order valence-corrected chi connectivity index (χ0v) is 18.2. The zero-order chi connectivity index (χ0) is 20.9. The molecule has 1 atom stereocenters. The van der Waals surface area contributed by atoms with E-state index in [-0.39, 0.29) is 6.61 Å². The first-order chi connectivity index (χ1) is 13.5. The Labute approximate surface area is 169 Å². The summed E-state index contributed by atoms with van der Waals surface area (Å²) in [5, 5.41) is 16.0. The number of hydrogen-bond donors (Lipinski definition) is 3. The van der Waals surface area contributed by atoms with Crippen LogP contribution in [0.5, 0.6) is 17.2 Å². The van der Waals surface area contributed by atoms with E-state index >= 15 is 0 Å². The fourth-order valence-corrected chi connectivity index (χ4v) is 3.12. The first-order valence-corrected chi connectivity index (χ1v) is 9.90. The summed E-state index contributed by atoms with van der Waals surface area (Å²) in [6.07, 6.45) is 1.85. The van der Waals surface area contributed by atoms with Crippen LogP contribution in [-0.2, 0) is 6.54 Å². The first kappa shape index (κ1) is 23.9. The predicted octanol–water partition coefficient (Wildman–Crippen LogP) is 2.81. The highest BCUT2D eigenvalue weighted by molar-refractivity contribution is 5.79. The van der Waals surface area contributed by atoms with Gasteiger partial charge in [0.1, 0.15) is 5.75 Å². The molecule has 7 nitrogen and oxygen atoms in total. The number of hydrogen-bond acceptors (Lipinski definition) is 5. The number of aliphatic hydroxyl groups excluding tert-OH is 1. The van der Waals surface area contributed by atoms with Crippen molar-refractivity contribution in [2.24, 2.45) is 16.8 Å². The van der Waals surface area contributed by atoms with E-state index in [0.29, 0.717) is 35.6 Å². The van der Waals surface area contributed by atoms with Crippen LogP contribution in [0.3, 0.4) is 0 Å². The largest absolute Gasteiger partial charge is 0.496 e. The molecule has 0 saturated heterocycles. The molecule has 3 N–H and O–H groups in total. The summed E-state index contributed by atoms with van der Waals surface area (Å²) in [7, 11) is 4.84. The van der Waals surface area contributed by atoms with Gasteiger partial charge in [-0.05, 0) is 37.7 Å². The van der Waals surface area contributed by atoms with Crippen molar-refractivity contribution in [2.45, 2.75) is 40.2 Å². The van der Waals surface area contributed by atoms with Gasteiger partial charge in [-0.1, -0.05) is 13.8 Å². The summed E-state index contributed by atoms with van der Waals surface area (Å²) in [4.78, 5) is 4.69. The van der Waals surface area contributed by atoms with Crippen molar-refractivity contribution < 1.29 is 19.3 Å². The number of methoxy groups -OCH3 is 3. The molecule has 0 heterocycles. The van der Waals surface area contributed by atoms with Crippen LogP contribution in [0.4, 0.5) is 0 Å². The lowest BCUT2D eigenvalue weighted by Crippen LogP contribution is -2.40. The summed E-state index contributed by atoms with van der Waals surface area (Å²) in [5.41, 5.74) is 0.909. The van der Waals surface area contributed by atoms with Crippen LogP contribution >= 0.6 is 0 Å². The fraction of sp³-hybridized carbons (Fsp3) is 0.667. The molecule has 0 aliphatic heterocycles. The minimum absolute atomic E-state index is 0.204. The van der Waals surface area contributed by atoms with Gasteiger partial charge in [-0.2, -0.15) is 0 Å². The van der Waals surface area contributed by atoms with Crippen LogP contribution in [0, 0.1) is 11.8 Å². The highest BCUT2D eigenvalue weighted by Crippen LogP contribution is 2.34. The summed E-state index contributed by atoms with van der Waals surface area (Å²) in [5.74, 6) is 3.71. The number of rotatable bonds is 12. The van der Waals surface area contributed by atoms with Crippen molar-refractivity contribution in [1.29, 1.82) is 0 Å². The Balaban J connectivity index is 2.91. The molecular weight excluding hydrogens is 358 g/mol. The molecule has 0 bridgehead atoms. The monoisotopic (exact) mass is 395 g/mol. The van der Waals surface area contributed by atoms with Crippen molar-refractivity contribution >= 4 is 5.96 Å². The van der Waals surface area contributed by atoms with Crippen LogP contribution in [0.1, 0.15) is 39.2 Å². The number of aliphatic hydroxyl groups is 1. The molecule has 7 heteroatoms. The van der Waals surface area contributed by atoms with Crippen LogP contribution in [0.2, 0.25) is 0 Å². The van der Waals surface area contributed by atoms with E-state index in [1.165, 1.54) is 0 Å². The summed E-state index contributed by atoms with van der Waals surface area (Å²) >= 11 is 0. The van der Waals surface area contributed by atoms with Gasteiger partial charge in [0.25, 0.3) is 0 Å². The SMILES string of the molecule is CCNC(=NCc1cc(OC)c(OC)cc1OC)NCC(CCO)CC(C)C. The van der Waals surface area contributed by atoms with E-state index in [4.69, 9.17) is 19.2 Å². The van der Waals surface area contributed by atoms with Crippen molar-refractivity contribution in [3.05, 3.63) is 17.7 Å². The van der Waals surface area contributed by atoms with Crippen molar-refractivity contribution in [3.8, 4) is 17.2 Å². The van der Waals surface area contributed by atoms with E-state index in [2.05, 4.69) is 24.5 Å². The molecule has 1 unspecified atom stereocenters. The van der Waals surface area contributed by atoms with Gasteiger partial charge in [-0.25, -0.2) is 4.99 Å². The molecule has 28 heavy (non-hydrogen) atoms. The second-order valence-corrected chi connectivity index (χ2v) is 7.10.